The lowest BCUT2D eigenvalue weighted by atomic mass is 10.2. The summed E-state index contributed by atoms with van der Waals surface area (Å²) in [6.07, 6.45) is 4.11. The molecular weight excluding hydrogens is 190 g/mol. The molecule has 0 aliphatic carbocycles. The third-order valence-electron chi connectivity index (χ3n) is 2.74. The molecule has 0 amide bonds. The molecule has 0 radical (unpaired) electrons. The third kappa shape index (κ3) is 2.45. The van der Waals surface area contributed by atoms with E-state index in [0.29, 0.717) is 6.04 Å². The van der Waals surface area contributed by atoms with Crippen LogP contribution in [-0.4, -0.2) is 36.0 Å². The van der Waals surface area contributed by atoms with Gasteiger partial charge >= 0.3 is 0 Å². The molecule has 0 saturated carbocycles. The number of rotatable bonds is 4. The first-order chi connectivity index (χ1) is 7.42. The highest BCUT2D eigenvalue weighted by molar-refractivity contribution is 5.39. The van der Waals surface area contributed by atoms with Gasteiger partial charge in [-0.25, -0.2) is 0 Å². The quantitative estimate of drug-likeness (QED) is 0.749. The van der Waals surface area contributed by atoms with Crippen molar-refractivity contribution in [2.45, 2.75) is 25.8 Å². The fraction of sp³-hybridized carbons (Fsp3) is 0.636. The molecule has 1 aliphatic rings. The minimum atomic E-state index is 0.474. The Morgan fingerprint density at radius 1 is 1.60 bits per heavy atom. The summed E-state index contributed by atoms with van der Waals surface area (Å²) in [5.74, 6) is 0.972. The molecule has 1 atom stereocenters. The maximum atomic E-state index is 5.48. The van der Waals surface area contributed by atoms with E-state index in [4.69, 9.17) is 4.74 Å². The number of hydrogen-bond acceptors (Lipinski definition) is 4. The summed E-state index contributed by atoms with van der Waals surface area (Å²) >= 11 is 0. The van der Waals surface area contributed by atoms with E-state index < -0.39 is 0 Å². The molecule has 0 unspecified atom stereocenters. The zero-order valence-corrected chi connectivity index (χ0v) is 9.09. The Morgan fingerprint density at radius 2 is 2.53 bits per heavy atom. The van der Waals surface area contributed by atoms with Crippen LogP contribution >= 0.6 is 0 Å². The number of aromatic nitrogens is 2. The Morgan fingerprint density at radius 3 is 3.27 bits per heavy atom. The molecule has 4 nitrogen and oxygen atoms in total. The Bertz CT molecular complexity index is 291. The summed E-state index contributed by atoms with van der Waals surface area (Å²) in [4.78, 5) is 2.29. The van der Waals surface area contributed by atoms with Gasteiger partial charge in [0.25, 0.3) is 0 Å². The minimum Gasteiger partial charge on any atom is -0.380 e. The summed E-state index contributed by atoms with van der Waals surface area (Å²) in [7, 11) is 0. The summed E-state index contributed by atoms with van der Waals surface area (Å²) in [5.41, 5.74) is 0. The van der Waals surface area contributed by atoms with E-state index in [2.05, 4.69) is 15.1 Å². The predicted octanol–water partition coefficient (Wildman–Crippen LogP) is 1.48. The van der Waals surface area contributed by atoms with Crippen LogP contribution in [0.15, 0.2) is 18.3 Å². The van der Waals surface area contributed by atoms with Gasteiger partial charge in [0.2, 0.25) is 0 Å². The van der Waals surface area contributed by atoms with E-state index in [9.17, 15) is 0 Å². The Kier molecular flexibility index (Phi) is 3.50. The van der Waals surface area contributed by atoms with Crippen LogP contribution in [0.1, 0.15) is 19.8 Å². The van der Waals surface area contributed by atoms with E-state index in [0.717, 1.165) is 25.6 Å². The second-order valence-electron chi connectivity index (χ2n) is 3.73. The van der Waals surface area contributed by atoms with Crippen LogP contribution in [-0.2, 0) is 4.74 Å². The van der Waals surface area contributed by atoms with Gasteiger partial charge in [-0.05, 0) is 31.9 Å². The molecule has 1 aromatic rings. The molecule has 1 aliphatic heterocycles. The molecule has 0 spiro atoms. The van der Waals surface area contributed by atoms with Gasteiger partial charge in [0.15, 0.2) is 5.82 Å². The van der Waals surface area contributed by atoms with E-state index in [-0.39, 0.29) is 0 Å². The summed E-state index contributed by atoms with van der Waals surface area (Å²) in [6.45, 7) is 4.68. The van der Waals surface area contributed by atoms with Crippen molar-refractivity contribution in [2.24, 2.45) is 0 Å². The lowest BCUT2D eigenvalue weighted by Crippen LogP contribution is -2.33. The average molecular weight is 207 g/mol. The van der Waals surface area contributed by atoms with Gasteiger partial charge < -0.3 is 9.64 Å². The molecule has 15 heavy (non-hydrogen) atoms. The van der Waals surface area contributed by atoms with Gasteiger partial charge in [-0.2, -0.15) is 5.10 Å². The van der Waals surface area contributed by atoms with Crippen LogP contribution in [0.3, 0.4) is 0 Å². The molecule has 82 valence electrons. The first-order valence-corrected chi connectivity index (χ1v) is 5.54. The van der Waals surface area contributed by atoms with Gasteiger partial charge in [0.1, 0.15) is 0 Å². The van der Waals surface area contributed by atoms with Crippen LogP contribution in [0.2, 0.25) is 0 Å². The molecule has 0 bridgehead atoms. The molecule has 2 rings (SSSR count). The van der Waals surface area contributed by atoms with Crippen molar-refractivity contribution in [3.63, 3.8) is 0 Å². The van der Waals surface area contributed by atoms with Crippen molar-refractivity contribution in [3.05, 3.63) is 18.3 Å². The lowest BCUT2D eigenvalue weighted by molar-refractivity contribution is 0.133. The highest BCUT2D eigenvalue weighted by Gasteiger charge is 2.25. The average Bonchev–Trinajstić information content (AvgIpc) is 2.75. The maximum absolute atomic E-state index is 5.48. The first-order valence-electron chi connectivity index (χ1n) is 5.54. The van der Waals surface area contributed by atoms with Crippen LogP contribution in [0.25, 0.3) is 0 Å². The second-order valence-corrected chi connectivity index (χ2v) is 3.73. The maximum Gasteiger partial charge on any atom is 0.151 e. The zero-order valence-electron chi connectivity index (χ0n) is 9.09. The minimum absolute atomic E-state index is 0.474. The van der Waals surface area contributed by atoms with Crippen LogP contribution in [0.5, 0.6) is 0 Å². The Balaban J connectivity index is 2.01. The number of hydrogen-bond donors (Lipinski definition) is 0. The van der Waals surface area contributed by atoms with Crippen molar-refractivity contribution in [1.82, 2.24) is 10.2 Å². The summed E-state index contributed by atoms with van der Waals surface area (Å²) in [6, 6.07) is 4.41. The van der Waals surface area contributed by atoms with Crippen LogP contribution in [0.4, 0.5) is 5.82 Å². The second kappa shape index (κ2) is 5.07. The molecule has 0 aromatic carbocycles. The van der Waals surface area contributed by atoms with E-state index >= 15 is 0 Å². The third-order valence-corrected chi connectivity index (χ3v) is 2.74. The monoisotopic (exact) mass is 207 g/mol. The SMILES string of the molecule is CCOC[C@@H]1CCCN1c1cccnn1. The largest absolute Gasteiger partial charge is 0.380 e. The zero-order chi connectivity index (χ0) is 10.5. The molecule has 1 saturated heterocycles. The molecule has 0 N–H and O–H groups in total. The van der Waals surface area contributed by atoms with Crippen LogP contribution in [0, 0.1) is 0 Å². The Labute approximate surface area is 90.3 Å². The smallest absolute Gasteiger partial charge is 0.151 e. The van der Waals surface area contributed by atoms with Gasteiger partial charge in [-0.1, -0.05) is 0 Å². The fourth-order valence-electron chi connectivity index (χ4n) is 2.01. The van der Waals surface area contributed by atoms with E-state index in [1.54, 1.807) is 6.20 Å². The van der Waals surface area contributed by atoms with Gasteiger partial charge in [-0.15, -0.1) is 5.10 Å². The molecule has 1 fully saturated rings. The topological polar surface area (TPSA) is 38.2 Å². The van der Waals surface area contributed by atoms with Crippen molar-refractivity contribution in [2.75, 3.05) is 24.7 Å². The summed E-state index contributed by atoms with van der Waals surface area (Å²) < 4.78 is 5.48. The van der Waals surface area contributed by atoms with E-state index in [1.165, 1.54) is 12.8 Å². The highest BCUT2D eigenvalue weighted by Crippen LogP contribution is 2.22. The number of nitrogens with zero attached hydrogens (tertiary/aromatic N) is 3. The van der Waals surface area contributed by atoms with Gasteiger partial charge in [0.05, 0.1) is 12.6 Å². The molecule has 4 heteroatoms. The predicted molar refractivity (Wildman–Crippen MR) is 58.9 cm³/mol. The van der Waals surface area contributed by atoms with Gasteiger partial charge in [0, 0.05) is 19.3 Å². The summed E-state index contributed by atoms with van der Waals surface area (Å²) in [5, 5.41) is 8.05. The first kappa shape index (κ1) is 10.4. The normalized spacial score (nSPS) is 20.9. The van der Waals surface area contributed by atoms with Crippen molar-refractivity contribution in [1.29, 1.82) is 0 Å². The molecule has 2 heterocycles. The molecule has 1 aromatic heterocycles. The number of ether oxygens (including phenoxy) is 1. The van der Waals surface area contributed by atoms with Crippen LogP contribution < -0.4 is 4.90 Å². The van der Waals surface area contributed by atoms with Crippen molar-refractivity contribution in [3.8, 4) is 0 Å². The lowest BCUT2D eigenvalue weighted by Gasteiger charge is -2.24. The fourth-order valence-corrected chi connectivity index (χ4v) is 2.01. The number of anilines is 1. The van der Waals surface area contributed by atoms with Gasteiger partial charge in [-0.3, -0.25) is 0 Å². The Hall–Kier alpha value is -1.16. The highest BCUT2D eigenvalue weighted by atomic mass is 16.5. The molecular formula is C11H17N3O. The standard InChI is InChI=1S/C11H17N3O/c1-2-15-9-10-5-4-8-14(10)11-6-3-7-12-13-11/h3,6-7,10H,2,4-5,8-9H2,1H3/t10-/m0/s1. The van der Waals surface area contributed by atoms with E-state index in [1.807, 2.05) is 19.1 Å². The van der Waals surface area contributed by atoms with Crippen molar-refractivity contribution < 1.29 is 4.74 Å². The van der Waals surface area contributed by atoms with Crippen molar-refractivity contribution >= 4 is 5.82 Å².